The average molecular weight is 317 g/mol. The average Bonchev–Trinajstić information content (AvgIpc) is 0. The first kappa shape index (κ1) is 26.7. The molecule has 4 heavy (non-hydrogen) atoms. The minimum atomic E-state index is 0. The van der Waals surface area contributed by atoms with Gasteiger partial charge in [0.2, 0.25) is 0 Å². The van der Waals surface area contributed by atoms with E-state index in [2.05, 4.69) is 0 Å². The molecule has 0 aliphatic rings. The maximum absolute atomic E-state index is 0. The molecular weight excluding hydrogens is 313 g/mol. The molecule has 0 aromatic heterocycles. The molecule has 0 aliphatic carbocycles. The van der Waals surface area contributed by atoms with Crippen molar-refractivity contribution in [1.82, 2.24) is 0 Å². The van der Waals surface area contributed by atoms with Gasteiger partial charge in [0.05, 0.1) is 0 Å². The van der Waals surface area contributed by atoms with E-state index < -0.39 is 0 Å². The van der Waals surface area contributed by atoms with Crippen LogP contribution >= 0.6 is 0 Å². The molecule has 0 spiro atoms. The molecule has 0 fully saturated rings. The van der Waals surface area contributed by atoms with E-state index in [-0.39, 0.29) is 108 Å². The first-order chi connectivity index (χ1) is 0. The summed E-state index contributed by atoms with van der Waals surface area (Å²) in [4.78, 5) is 0. The summed E-state index contributed by atoms with van der Waals surface area (Å²) in [6, 6.07) is 0. The zero-order chi connectivity index (χ0) is 0. The van der Waals surface area contributed by atoms with Crippen LogP contribution in [0, 0.1) is 40.4 Å². The van der Waals surface area contributed by atoms with Crippen molar-refractivity contribution in [3.8, 4) is 0 Å². The van der Waals surface area contributed by atoms with Crippen LogP contribution in [-0.2, 0) is 16.8 Å². The van der Waals surface area contributed by atoms with Gasteiger partial charge in [-0.1, -0.05) is 0 Å². The van der Waals surface area contributed by atoms with Gasteiger partial charge in [-0.3, -0.25) is 0 Å². The van der Waals surface area contributed by atoms with Crippen molar-refractivity contribution in [2.45, 2.75) is 0 Å². The molecule has 1 radical (unpaired) electrons. The van der Waals surface area contributed by atoms with Gasteiger partial charge in [0.15, 0.2) is 0 Å². The second-order valence-electron chi connectivity index (χ2n) is 0. The summed E-state index contributed by atoms with van der Waals surface area (Å²) in [6.07, 6.45) is 0. The van der Waals surface area contributed by atoms with E-state index in [0.717, 1.165) is 0 Å². The molecule has 2 N–H and O–H groups in total. The van der Waals surface area contributed by atoms with Crippen LogP contribution in [-0.4, -0.2) is 51.0 Å². The molecule has 0 amide bonds. The Balaban J connectivity index is 0. The van der Waals surface area contributed by atoms with Gasteiger partial charge in [0, 0.05) is 57.2 Å². The molecule has 0 saturated carbocycles. The monoisotopic (exact) mass is 319 g/mol. The van der Waals surface area contributed by atoms with E-state index in [1.807, 2.05) is 0 Å². The van der Waals surface area contributed by atoms with Gasteiger partial charge in [-0.15, -0.1) is 0 Å². The van der Waals surface area contributed by atoms with Gasteiger partial charge in [-0.05, 0) is 0 Å². The Morgan fingerprint density at radius 2 is 1.00 bits per heavy atom. The molecule has 1 nitrogen and oxygen atoms in total. The van der Waals surface area contributed by atoms with E-state index in [1.165, 1.54) is 0 Å². The van der Waals surface area contributed by atoms with Crippen molar-refractivity contribution < 1.29 is 62.6 Å². The predicted molar refractivity (Wildman–Crippen MR) is 12.2 cm³/mol. The van der Waals surface area contributed by atoms with Crippen molar-refractivity contribution in [1.29, 1.82) is 0 Å². The Morgan fingerprint density at radius 1 is 1.00 bits per heavy atom. The number of hydrogen-bond acceptors (Lipinski definition) is 0. The zero-order valence-electron chi connectivity index (χ0n) is 1.24. The molecule has 0 bridgehead atoms. The van der Waals surface area contributed by atoms with Crippen LogP contribution in [0.3, 0.4) is 0 Å². The second-order valence-corrected chi connectivity index (χ2v) is 0. The molecule has 0 unspecified atom stereocenters. The van der Waals surface area contributed by atoms with Gasteiger partial charge in [0.25, 0.3) is 0 Å². The molecular formula is H4CoOSmSr. The van der Waals surface area contributed by atoms with Crippen molar-refractivity contribution in [3.63, 3.8) is 0 Å². The Morgan fingerprint density at radius 3 is 1.00 bits per heavy atom. The molecule has 4 heteroatoms. The van der Waals surface area contributed by atoms with Crippen LogP contribution in [0.15, 0.2) is 0 Å². The number of hydrogen-bond donors (Lipinski definition) is 0. The Bertz CT molecular complexity index is 8.00. The Hall–Kier alpha value is 3.28. The summed E-state index contributed by atoms with van der Waals surface area (Å²) in [6.45, 7) is 0. The molecule has 0 rings (SSSR count). The maximum atomic E-state index is 0. The predicted octanol–water partition coefficient (Wildman–Crippen LogP) is -1.74. The Kier molecular flexibility index (Phi) is 108. The summed E-state index contributed by atoms with van der Waals surface area (Å²) < 4.78 is 0. The molecule has 27 valence electrons. The summed E-state index contributed by atoms with van der Waals surface area (Å²) in [7, 11) is 0. The molecule has 0 aromatic carbocycles. The third-order valence-electron chi connectivity index (χ3n) is 0. The fraction of sp³-hybridized carbons (Fsp3) is 0. The normalized spacial score (nSPS) is 0. The van der Waals surface area contributed by atoms with E-state index in [1.54, 1.807) is 0 Å². The quantitative estimate of drug-likeness (QED) is 0.475. The minimum absolute atomic E-state index is 0. The van der Waals surface area contributed by atoms with Crippen LogP contribution in [0.2, 0.25) is 0 Å². The van der Waals surface area contributed by atoms with Crippen molar-refractivity contribution in [2.24, 2.45) is 0 Å². The SMILES string of the molecule is O.[Co].[Sm].[SrH2]. The molecule has 0 saturated heterocycles. The van der Waals surface area contributed by atoms with Crippen molar-refractivity contribution >= 4 is 45.5 Å². The van der Waals surface area contributed by atoms with Crippen molar-refractivity contribution in [3.05, 3.63) is 0 Å². The summed E-state index contributed by atoms with van der Waals surface area (Å²) in [5.74, 6) is 0. The molecule has 0 aliphatic heterocycles. The first-order valence-corrected chi connectivity index (χ1v) is 0. The van der Waals surface area contributed by atoms with Crippen LogP contribution in [0.25, 0.3) is 0 Å². The second kappa shape index (κ2) is 16.3. The van der Waals surface area contributed by atoms with Gasteiger partial charge >= 0.3 is 45.5 Å². The fourth-order valence-electron chi connectivity index (χ4n) is 0. The molecule has 0 atom stereocenters. The van der Waals surface area contributed by atoms with Gasteiger partial charge in [-0.2, -0.15) is 0 Å². The van der Waals surface area contributed by atoms with E-state index in [0.29, 0.717) is 0 Å². The van der Waals surface area contributed by atoms with Gasteiger partial charge in [0.1, 0.15) is 0 Å². The van der Waals surface area contributed by atoms with E-state index >= 15 is 0 Å². The summed E-state index contributed by atoms with van der Waals surface area (Å²) >= 11 is 0. The fourth-order valence-corrected chi connectivity index (χ4v) is 0. The van der Waals surface area contributed by atoms with Crippen LogP contribution < -0.4 is 0 Å². The summed E-state index contributed by atoms with van der Waals surface area (Å²) in [5.41, 5.74) is 0. The van der Waals surface area contributed by atoms with Gasteiger partial charge in [-0.25, -0.2) is 0 Å². The molecule has 0 aromatic rings. The Labute approximate surface area is 105 Å². The summed E-state index contributed by atoms with van der Waals surface area (Å²) in [5, 5.41) is 0. The standard InChI is InChI=1S/Co.H2O.Sm.Sr.2H/h;1H2;;;;. The zero-order valence-corrected chi connectivity index (χ0v) is 4.90. The topological polar surface area (TPSA) is 31.5 Å². The van der Waals surface area contributed by atoms with E-state index in [9.17, 15) is 0 Å². The van der Waals surface area contributed by atoms with Crippen molar-refractivity contribution in [2.75, 3.05) is 0 Å². The van der Waals surface area contributed by atoms with E-state index in [4.69, 9.17) is 0 Å². The number of rotatable bonds is 0. The van der Waals surface area contributed by atoms with Crippen LogP contribution in [0.5, 0.6) is 0 Å². The molecule has 0 heterocycles. The van der Waals surface area contributed by atoms with Crippen LogP contribution in [0.1, 0.15) is 0 Å². The third kappa shape index (κ3) is 8.99. The first-order valence-electron chi connectivity index (χ1n) is 0. The van der Waals surface area contributed by atoms with Crippen LogP contribution in [0.4, 0.5) is 0 Å². The van der Waals surface area contributed by atoms with Gasteiger partial charge < -0.3 is 5.48 Å². The third-order valence-corrected chi connectivity index (χ3v) is 0.